The summed E-state index contributed by atoms with van der Waals surface area (Å²) in [4.78, 5) is 28.6. The van der Waals surface area contributed by atoms with Crippen LogP contribution in [0.2, 0.25) is 0 Å². The number of esters is 1. The number of non-ortho nitro benzene ring substituents is 1. The van der Waals surface area contributed by atoms with Gasteiger partial charge in [0.25, 0.3) is 5.69 Å². The highest BCUT2D eigenvalue weighted by Gasteiger charge is 2.20. The van der Waals surface area contributed by atoms with Crippen LogP contribution in [0.1, 0.15) is 16.2 Å². The van der Waals surface area contributed by atoms with Crippen LogP contribution >= 0.6 is 11.6 Å². The van der Waals surface area contributed by atoms with Gasteiger partial charge in [-0.1, -0.05) is 0 Å². The van der Waals surface area contributed by atoms with Crippen molar-refractivity contribution in [2.24, 2.45) is 0 Å². The summed E-state index contributed by atoms with van der Waals surface area (Å²) in [6, 6.07) is 2.43. The zero-order valence-electron chi connectivity index (χ0n) is 9.27. The summed E-state index contributed by atoms with van der Waals surface area (Å²) in [6.45, 7) is 0. The highest BCUT2D eigenvalue weighted by atomic mass is 35.5. The molecule has 94 valence electrons. The van der Waals surface area contributed by atoms with Gasteiger partial charge in [-0.15, -0.1) is 11.6 Å². The Bertz CT molecular complexity index is 637. The molecule has 0 saturated carbocycles. The van der Waals surface area contributed by atoms with E-state index in [0.717, 1.165) is 6.07 Å². The first-order chi connectivity index (χ1) is 8.56. The lowest BCUT2D eigenvalue weighted by Crippen LogP contribution is -2.03. The van der Waals surface area contributed by atoms with Crippen LogP contribution in [0.15, 0.2) is 12.1 Å². The molecule has 0 aliphatic carbocycles. The Morgan fingerprint density at radius 3 is 2.89 bits per heavy atom. The van der Waals surface area contributed by atoms with Crippen molar-refractivity contribution in [3.63, 3.8) is 0 Å². The molecule has 1 aromatic carbocycles. The number of halogens is 1. The molecule has 7 nitrogen and oxygen atoms in total. The van der Waals surface area contributed by atoms with Crippen molar-refractivity contribution in [1.82, 2.24) is 9.97 Å². The average molecular weight is 270 g/mol. The highest BCUT2D eigenvalue weighted by molar-refractivity contribution is 6.17. The molecule has 18 heavy (non-hydrogen) atoms. The SMILES string of the molecule is COC(=O)c1cc([N+](=O)[O-])cc2[nH]c(CCl)nc12. The Morgan fingerprint density at radius 1 is 1.61 bits per heavy atom. The number of H-pyrrole nitrogens is 1. The number of carbonyl (C=O) groups excluding carboxylic acids is 1. The lowest BCUT2D eigenvalue weighted by molar-refractivity contribution is -0.384. The third-order valence-electron chi connectivity index (χ3n) is 2.36. The van der Waals surface area contributed by atoms with Crippen LogP contribution in [0.3, 0.4) is 0 Å². The number of fused-ring (bicyclic) bond motifs is 1. The van der Waals surface area contributed by atoms with Crippen molar-refractivity contribution in [3.8, 4) is 0 Å². The second kappa shape index (κ2) is 4.61. The van der Waals surface area contributed by atoms with Crippen molar-refractivity contribution in [3.05, 3.63) is 33.6 Å². The van der Waals surface area contributed by atoms with Gasteiger partial charge in [0.15, 0.2) is 0 Å². The predicted octanol–water partition coefficient (Wildman–Crippen LogP) is 2.00. The van der Waals surface area contributed by atoms with E-state index < -0.39 is 10.9 Å². The molecule has 0 unspecified atom stereocenters. The fourth-order valence-electron chi connectivity index (χ4n) is 1.59. The molecule has 0 aliphatic heterocycles. The number of nitro groups is 1. The molecule has 0 amide bonds. The predicted molar refractivity (Wildman–Crippen MR) is 63.6 cm³/mol. The van der Waals surface area contributed by atoms with E-state index in [2.05, 4.69) is 14.7 Å². The molecule has 0 bridgehead atoms. The Labute approximate surface area is 106 Å². The minimum atomic E-state index is -0.684. The van der Waals surface area contributed by atoms with Crippen molar-refractivity contribution in [1.29, 1.82) is 0 Å². The number of carbonyl (C=O) groups is 1. The Morgan fingerprint density at radius 2 is 2.33 bits per heavy atom. The van der Waals surface area contributed by atoms with Crippen LogP contribution in [0.5, 0.6) is 0 Å². The number of benzene rings is 1. The maximum atomic E-state index is 11.6. The number of imidazole rings is 1. The van der Waals surface area contributed by atoms with Crippen LogP contribution in [0.25, 0.3) is 11.0 Å². The molecule has 2 rings (SSSR count). The van der Waals surface area contributed by atoms with Crippen LogP contribution in [-0.4, -0.2) is 28.0 Å². The fourth-order valence-corrected chi connectivity index (χ4v) is 1.71. The van der Waals surface area contributed by atoms with Gasteiger partial charge in [0.1, 0.15) is 11.3 Å². The minimum Gasteiger partial charge on any atom is -0.465 e. The molecule has 0 fully saturated rings. The quantitative estimate of drug-likeness (QED) is 0.398. The van der Waals surface area contributed by atoms with E-state index >= 15 is 0 Å². The lowest BCUT2D eigenvalue weighted by Gasteiger charge is -2.00. The Balaban J connectivity index is 2.74. The molecule has 0 saturated heterocycles. The van der Waals surface area contributed by atoms with Gasteiger partial charge in [0.05, 0.1) is 29.0 Å². The monoisotopic (exact) mass is 269 g/mol. The van der Waals surface area contributed by atoms with E-state index in [1.807, 2.05) is 0 Å². The summed E-state index contributed by atoms with van der Waals surface area (Å²) in [5.74, 6) is -0.142. The number of ether oxygens (including phenoxy) is 1. The van der Waals surface area contributed by atoms with E-state index in [-0.39, 0.29) is 17.1 Å². The smallest absolute Gasteiger partial charge is 0.340 e. The third kappa shape index (κ3) is 2.00. The van der Waals surface area contributed by atoms with E-state index in [0.29, 0.717) is 16.9 Å². The first-order valence-electron chi connectivity index (χ1n) is 4.88. The molecular weight excluding hydrogens is 262 g/mol. The summed E-state index contributed by atoms with van der Waals surface area (Å²) >= 11 is 5.62. The van der Waals surface area contributed by atoms with Crippen LogP contribution in [0, 0.1) is 10.1 Å². The first-order valence-corrected chi connectivity index (χ1v) is 5.41. The second-order valence-electron chi connectivity index (χ2n) is 3.46. The van der Waals surface area contributed by atoms with Crippen LogP contribution in [-0.2, 0) is 10.6 Å². The average Bonchev–Trinajstić information content (AvgIpc) is 2.79. The number of nitrogens with zero attached hydrogens (tertiary/aromatic N) is 2. The number of alkyl halides is 1. The van der Waals surface area contributed by atoms with Crippen molar-refractivity contribution >= 4 is 34.3 Å². The summed E-state index contributed by atoms with van der Waals surface area (Å²) in [5.41, 5.74) is 0.505. The maximum Gasteiger partial charge on any atom is 0.340 e. The summed E-state index contributed by atoms with van der Waals surface area (Å²) in [6.07, 6.45) is 0. The third-order valence-corrected chi connectivity index (χ3v) is 2.62. The molecule has 0 atom stereocenters. The Kier molecular flexibility index (Phi) is 3.15. The van der Waals surface area contributed by atoms with Crippen LogP contribution < -0.4 is 0 Å². The number of rotatable bonds is 3. The summed E-state index contributed by atoms with van der Waals surface area (Å²) in [5, 5.41) is 10.8. The lowest BCUT2D eigenvalue weighted by atomic mass is 10.1. The zero-order valence-corrected chi connectivity index (χ0v) is 10.0. The van der Waals surface area contributed by atoms with Gasteiger partial charge >= 0.3 is 5.97 Å². The number of hydrogen-bond donors (Lipinski definition) is 1. The number of nitro benzene ring substituents is 1. The molecule has 1 heterocycles. The molecule has 0 spiro atoms. The molecular formula is C10H8ClN3O4. The normalized spacial score (nSPS) is 10.6. The highest BCUT2D eigenvalue weighted by Crippen LogP contribution is 2.24. The number of methoxy groups -OCH3 is 1. The van der Waals surface area contributed by atoms with Gasteiger partial charge in [-0.05, 0) is 0 Å². The van der Waals surface area contributed by atoms with Gasteiger partial charge in [-0.25, -0.2) is 9.78 Å². The molecule has 0 aliphatic rings. The molecule has 0 radical (unpaired) electrons. The van der Waals surface area contributed by atoms with Gasteiger partial charge in [-0.3, -0.25) is 10.1 Å². The number of nitrogens with one attached hydrogen (secondary N) is 1. The summed E-state index contributed by atoms with van der Waals surface area (Å²) in [7, 11) is 1.20. The molecule has 2 aromatic rings. The first kappa shape index (κ1) is 12.3. The van der Waals surface area contributed by atoms with Gasteiger partial charge in [0.2, 0.25) is 0 Å². The van der Waals surface area contributed by atoms with E-state index in [1.165, 1.54) is 13.2 Å². The van der Waals surface area contributed by atoms with Gasteiger partial charge < -0.3 is 9.72 Å². The van der Waals surface area contributed by atoms with Crippen LogP contribution in [0.4, 0.5) is 5.69 Å². The van der Waals surface area contributed by atoms with Crippen molar-refractivity contribution < 1.29 is 14.5 Å². The standard InChI is InChI=1S/C10H8ClN3O4/c1-18-10(15)6-2-5(14(16)17)3-7-9(6)13-8(4-11)12-7/h2-3H,4H2,1H3,(H,12,13). The fraction of sp³-hybridized carbons (Fsp3) is 0.200. The number of hydrogen-bond acceptors (Lipinski definition) is 5. The zero-order chi connectivity index (χ0) is 13.3. The summed E-state index contributed by atoms with van der Waals surface area (Å²) < 4.78 is 4.57. The molecule has 1 aromatic heterocycles. The van der Waals surface area contributed by atoms with E-state index in [1.54, 1.807) is 0 Å². The molecule has 1 N–H and O–H groups in total. The van der Waals surface area contributed by atoms with Crippen molar-refractivity contribution in [2.75, 3.05) is 7.11 Å². The number of aromatic nitrogens is 2. The second-order valence-corrected chi connectivity index (χ2v) is 3.72. The number of aromatic amines is 1. The van der Waals surface area contributed by atoms with E-state index in [4.69, 9.17) is 11.6 Å². The molecule has 8 heteroatoms. The minimum absolute atomic E-state index is 0.0364. The van der Waals surface area contributed by atoms with E-state index in [9.17, 15) is 14.9 Å². The maximum absolute atomic E-state index is 11.6. The van der Waals surface area contributed by atoms with Gasteiger partial charge in [0, 0.05) is 12.1 Å². The largest absolute Gasteiger partial charge is 0.465 e. The van der Waals surface area contributed by atoms with Gasteiger partial charge in [-0.2, -0.15) is 0 Å². The topological polar surface area (TPSA) is 98.1 Å². The van der Waals surface area contributed by atoms with Crippen molar-refractivity contribution in [2.45, 2.75) is 5.88 Å². The Hall–Kier alpha value is -2.15.